The number of nitrogens with zero attached hydrogens (tertiary/aromatic N) is 3. The maximum absolute atomic E-state index is 12.9. The van der Waals surface area contributed by atoms with Crippen molar-refractivity contribution in [1.29, 1.82) is 0 Å². The van der Waals surface area contributed by atoms with Crippen LogP contribution in [0.15, 0.2) is 35.1 Å². The molecular weight excluding hydrogens is 301 g/mol. The van der Waals surface area contributed by atoms with Crippen molar-refractivity contribution < 1.29 is 13.9 Å². The van der Waals surface area contributed by atoms with Crippen molar-refractivity contribution in [3.05, 3.63) is 63.3 Å². The Morgan fingerprint density at radius 1 is 1.35 bits per heavy atom. The number of rotatable bonds is 2. The average Bonchev–Trinajstić information content (AvgIpc) is 2.56. The lowest BCUT2D eigenvalue weighted by Crippen LogP contribution is -2.38. The summed E-state index contributed by atoms with van der Waals surface area (Å²) in [7, 11) is 1.33. The Kier molecular flexibility index (Phi) is 4.10. The number of ether oxygens (including phenoxy) is 1. The number of halogens is 1. The Balaban J connectivity index is 1.84. The molecule has 2 heterocycles. The number of hydrogen-bond donors (Lipinski definition) is 0. The molecule has 0 saturated heterocycles. The van der Waals surface area contributed by atoms with E-state index in [9.17, 15) is 14.0 Å². The van der Waals surface area contributed by atoms with Crippen LogP contribution >= 0.6 is 0 Å². The molecule has 1 aliphatic heterocycles. The second-order valence-corrected chi connectivity index (χ2v) is 5.38. The molecule has 1 aromatic carbocycles. The minimum absolute atomic E-state index is 0.250. The van der Waals surface area contributed by atoms with Gasteiger partial charge in [-0.05, 0) is 17.7 Å². The van der Waals surface area contributed by atoms with E-state index in [1.165, 1.54) is 34.9 Å². The minimum atomic E-state index is -0.411. The van der Waals surface area contributed by atoms with E-state index >= 15 is 0 Å². The van der Waals surface area contributed by atoms with Gasteiger partial charge in [0.05, 0.1) is 25.9 Å². The van der Waals surface area contributed by atoms with Gasteiger partial charge >= 0.3 is 6.09 Å². The first-order chi connectivity index (χ1) is 11.1. The molecule has 1 amide bonds. The van der Waals surface area contributed by atoms with E-state index in [2.05, 4.69) is 5.10 Å². The van der Waals surface area contributed by atoms with Crippen molar-refractivity contribution in [3.8, 4) is 0 Å². The van der Waals surface area contributed by atoms with E-state index in [4.69, 9.17) is 4.74 Å². The van der Waals surface area contributed by atoms with Crippen molar-refractivity contribution in [2.45, 2.75) is 19.5 Å². The number of methoxy groups -OCH3 is 1. The van der Waals surface area contributed by atoms with Crippen LogP contribution in [0.2, 0.25) is 0 Å². The lowest BCUT2D eigenvalue weighted by atomic mass is 10.1. The predicted octanol–water partition coefficient (Wildman–Crippen LogP) is 1.56. The largest absolute Gasteiger partial charge is 0.453 e. The molecule has 0 spiro atoms. The molecule has 23 heavy (non-hydrogen) atoms. The topological polar surface area (TPSA) is 64.4 Å². The van der Waals surface area contributed by atoms with Crippen molar-refractivity contribution in [2.24, 2.45) is 0 Å². The fourth-order valence-corrected chi connectivity index (χ4v) is 2.60. The highest BCUT2D eigenvalue weighted by Gasteiger charge is 2.23. The van der Waals surface area contributed by atoms with Crippen molar-refractivity contribution in [3.63, 3.8) is 0 Å². The summed E-state index contributed by atoms with van der Waals surface area (Å²) in [5.74, 6) is -0.317. The number of carbonyl (C=O) groups excluding carboxylic acids is 1. The maximum atomic E-state index is 12.9. The quantitative estimate of drug-likeness (QED) is 0.843. The molecule has 0 atom stereocenters. The molecule has 3 rings (SSSR count). The maximum Gasteiger partial charge on any atom is 0.409 e. The first-order valence-corrected chi connectivity index (χ1v) is 7.24. The van der Waals surface area contributed by atoms with Gasteiger partial charge in [-0.15, -0.1) is 0 Å². The molecule has 0 bridgehead atoms. The molecule has 0 aliphatic carbocycles. The zero-order valence-electron chi connectivity index (χ0n) is 12.7. The molecule has 0 saturated carbocycles. The van der Waals surface area contributed by atoms with E-state index in [1.54, 1.807) is 12.1 Å². The second kappa shape index (κ2) is 6.20. The van der Waals surface area contributed by atoms with Crippen LogP contribution in [0.1, 0.15) is 16.8 Å². The molecule has 2 aromatic rings. The van der Waals surface area contributed by atoms with Gasteiger partial charge in [0.2, 0.25) is 0 Å². The third-order valence-corrected chi connectivity index (χ3v) is 3.82. The third-order valence-electron chi connectivity index (χ3n) is 3.82. The van der Waals surface area contributed by atoms with E-state index in [0.29, 0.717) is 19.5 Å². The molecule has 0 unspecified atom stereocenters. The lowest BCUT2D eigenvalue weighted by Gasteiger charge is -2.27. The highest BCUT2D eigenvalue weighted by atomic mass is 19.1. The Morgan fingerprint density at radius 2 is 2.09 bits per heavy atom. The number of amides is 1. The molecule has 0 N–H and O–H groups in total. The summed E-state index contributed by atoms with van der Waals surface area (Å²) < 4.78 is 19.0. The molecule has 1 aliphatic rings. The number of fused-ring (bicyclic) bond motifs is 1. The van der Waals surface area contributed by atoms with Gasteiger partial charge in [0.25, 0.3) is 5.56 Å². The van der Waals surface area contributed by atoms with Crippen molar-refractivity contribution >= 4 is 6.09 Å². The highest BCUT2D eigenvalue weighted by Crippen LogP contribution is 2.16. The van der Waals surface area contributed by atoms with E-state index in [-0.39, 0.29) is 17.9 Å². The smallest absolute Gasteiger partial charge is 0.409 e. The van der Waals surface area contributed by atoms with Gasteiger partial charge in [-0.1, -0.05) is 12.1 Å². The van der Waals surface area contributed by atoms with Crippen molar-refractivity contribution in [2.75, 3.05) is 13.7 Å². The number of benzene rings is 1. The molecule has 0 radical (unpaired) electrons. The predicted molar refractivity (Wildman–Crippen MR) is 80.5 cm³/mol. The van der Waals surface area contributed by atoms with E-state index in [0.717, 1.165) is 16.8 Å². The van der Waals surface area contributed by atoms with Crippen LogP contribution in [0.5, 0.6) is 0 Å². The first-order valence-electron chi connectivity index (χ1n) is 7.24. The van der Waals surface area contributed by atoms with Gasteiger partial charge in [0, 0.05) is 24.6 Å². The summed E-state index contributed by atoms with van der Waals surface area (Å²) in [5, 5.41) is 4.38. The SMILES string of the molecule is COC(=O)N1CCc2nn(Cc3ccc(F)cc3)c(=O)cc2C1. The molecule has 0 fully saturated rings. The van der Waals surface area contributed by atoms with Gasteiger partial charge < -0.3 is 9.64 Å². The number of carbonyl (C=O) groups is 1. The normalized spacial score (nSPS) is 13.6. The summed E-state index contributed by atoms with van der Waals surface area (Å²) in [6, 6.07) is 7.46. The van der Waals surface area contributed by atoms with Crippen LogP contribution in [-0.4, -0.2) is 34.4 Å². The Bertz CT molecular complexity index is 786. The van der Waals surface area contributed by atoms with Crippen LogP contribution in [0.3, 0.4) is 0 Å². The minimum Gasteiger partial charge on any atom is -0.453 e. The summed E-state index contributed by atoms with van der Waals surface area (Å²) >= 11 is 0. The molecule has 6 nitrogen and oxygen atoms in total. The van der Waals surface area contributed by atoms with E-state index in [1.807, 2.05) is 0 Å². The van der Waals surface area contributed by atoms with Gasteiger partial charge in [-0.3, -0.25) is 4.79 Å². The molecule has 120 valence electrons. The Labute approximate surface area is 132 Å². The van der Waals surface area contributed by atoms with E-state index < -0.39 is 6.09 Å². The Morgan fingerprint density at radius 3 is 2.78 bits per heavy atom. The standard InChI is InChI=1S/C16H16FN3O3/c1-23-16(22)19-7-6-14-12(10-19)8-15(21)20(18-14)9-11-2-4-13(17)5-3-11/h2-5,8H,6-7,9-10H2,1H3. The monoisotopic (exact) mass is 317 g/mol. The fraction of sp³-hybridized carbons (Fsp3) is 0.312. The van der Waals surface area contributed by atoms with Crippen LogP contribution in [0.4, 0.5) is 9.18 Å². The second-order valence-electron chi connectivity index (χ2n) is 5.38. The summed E-state index contributed by atoms with van der Waals surface area (Å²) in [4.78, 5) is 25.3. The molecular formula is C16H16FN3O3. The number of hydrogen-bond acceptors (Lipinski definition) is 4. The molecule has 1 aromatic heterocycles. The van der Waals surface area contributed by atoms with Gasteiger partial charge in [-0.2, -0.15) is 5.10 Å². The van der Waals surface area contributed by atoms with Crippen LogP contribution in [0.25, 0.3) is 0 Å². The zero-order valence-corrected chi connectivity index (χ0v) is 12.7. The van der Waals surface area contributed by atoms with Gasteiger partial charge in [0.15, 0.2) is 0 Å². The summed E-state index contributed by atoms with van der Waals surface area (Å²) in [6.45, 7) is 1.11. The summed E-state index contributed by atoms with van der Waals surface area (Å²) in [6.07, 6.45) is 0.153. The van der Waals surface area contributed by atoms with Crippen LogP contribution in [-0.2, 0) is 24.2 Å². The average molecular weight is 317 g/mol. The number of aromatic nitrogens is 2. The molecule has 7 heteroatoms. The van der Waals surface area contributed by atoms with Crippen LogP contribution < -0.4 is 5.56 Å². The fourth-order valence-electron chi connectivity index (χ4n) is 2.60. The summed E-state index contributed by atoms with van der Waals surface area (Å²) in [5.41, 5.74) is 2.08. The van der Waals surface area contributed by atoms with Crippen molar-refractivity contribution in [1.82, 2.24) is 14.7 Å². The lowest BCUT2D eigenvalue weighted by molar-refractivity contribution is 0.118. The third kappa shape index (κ3) is 3.23. The van der Waals surface area contributed by atoms with Gasteiger partial charge in [0.1, 0.15) is 5.82 Å². The van der Waals surface area contributed by atoms with Gasteiger partial charge in [-0.25, -0.2) is 13.9 Å². The first kappa shape index (κ1) is 15.2. The van der Waals surface area contributed by atoms with Crippen LogP contribution in [0, 0.1) is 5.82 Å². The Hall–Kier alpha value is -2.70. The highest BCUT2D eigenvalue weighted by molar-refractivity contribution is 5.67. The zero-order chi connectivity index (χ0) is 16.4.